The molecule has 0 radical (unpaired) electrons. The molecule has 2 rings (SSSR count). The number of aliphatic carboxylic acids is 1. The molecule has 7 heteroatoms. The van der Waals surface area contributed by atoms with Crippen molar-refractivity contribution in [1.82, 2.24) is 9.80 Å². The topological polar surface area (TPSA) is 95.0 Å². The molecule has 0 aromatic carbocycles. The van der Waals surface area contributed by atoms with Crippen LogP contribution >= 0.6 is 0 Å². The number of nitrogens with zero attached hydrogens (tertiary/aromatic N) is 2. The number of rotatable bonds is 4. The Morgan fingerprint density at radius 2 is 1.76 bits per heavy atom. The van der Waals surface area contributed by atoms with Crippen LogP contribution in [0, 0.1) is 0 Å². The zero-order chi connectivity index (χ0) is 15.4. The van der Waals surface area contributed by atoms with Gasteiger partial charge in [-0.3, -0.25) is 19.3 Å². The predicted octanol–water partition coefficient (Wildman–Crippen LogP) is 0.381. The van der Waals surface area contributed by atoms with Crippen LogP contribution in [0.25, 0.3) is 0 Å². The number of hydrogen-bond acceptors (Lipinski definition) is 4. The molecule has 2 heterocycles. The fourth-order valence-corrected chi connectivity index (χ4v) is 2.89. The smallest absolute Gasteiger partial charge is 0.326 e. The molecule has 2 fully saturated rings. The summed E-state index contributed by atoms with van der Waals surface area (Å²) in [7, 11) is 0. The van der Waals surface area contributed by atoms with Crippen LogP contribution in [0.4, 0.5) is 0 Å². The van der Waals surface area contributed by atoms with Crippen LogP contribution in [0.15, 0.2) is 0 Å². The van der Waals surface area contributed by atoms with Gasteiger partial charge in [0.25, 0.3) is 0 Å². The fourth-order valence-electron chi connectivity index (χ4n) is 2.89. The highest BCUT2D eigenvalue weighted by molar-refractivity contribution is 6.02. The maximum atomic E-state index is 12.2. The molecule has 7 nitrogen and oxygen atoms in total. The van der Waals surface area contributed by atoms with E-state index in [0.717, 1.165) is 24.2 Å². The molecule has 1 atom stereocenters. The van der Waals surface area contributed by atoms with E-state index in [1.165, 1.54) is 4.90 Å². The zero-order valence-corrected chi connectivity index (χ0v) is 11.9. The number of likely N-dealkylation sites (tertiary alicyclic amines) is 2. The first-order valence-corrected chi connectivity index (χ1v) is 7.36. The van der Waals surface area contributed by atoms with Crippen LogP contribution in [0.1, 0.15) is 44.9 Å². The summed E-state index contributed by atoms with van der Waals surface area (Å²) in [5, 5.41) is 9.23. The van der Waals surface area contributed by atoms with Gasteiger partial charge in [0.15, 0.2) is 0 Å². The highest BCUT2D eigenvalue weighted by Crippen LogP contribution is 2.19. The van der Waals surface area contributed by atoms with Gasteiger partial charge in [0.1, 0.15) is 6.04 Å². The third-order valence-corrected chi connectivity index (χ3v) is 4.06. The Balaban J connectivity index is 1.95. The molecular formula is C14H20N2O5. The second kappa shape index (κ2) is 6.69. The molecule has 1 unspecified atom stereocenters. The largest absolute Gasteiger partial charge is 0.480 e. The van der Waals surface area contributed by atoms with Gasteiger partial charge in [-0.1, -0.05) is 12.8 Å². The van der Waals surface area contributed by atoms with Crippen molar-refractivity contribution in [3.8, 4) is 0 Å². The number of amides is 3. The number of carboxylic acid groups (broad SMARTS) is 1. The normalized spacial score (nSPS) is 23.3. The van der Waals surface area contributed by atoms with Crippen LogP contribution in [0.2, 0.25) is 0 Å². The molecule has 2 saturated heterocycles. The quantitative estimate of drug-likeness (QED) is 0.757. The molecular weight excluding hydrogens is 276 g/mol. The first-order valence-electron chi connectivity index (χ1n) is 7.36. The Bertz CT molecular complexity index is 446. The Kier molecular flexibility index (Phi) is 4.93. The molecule has 21 heavy (non-hydrogen) atoms. The highest BCUT2D eigenvalue weighted by Gasteiger charge is 2.33. The minimum Gasteiger partial charge on any atom is -0.480 e. The first-order chi connectivity index (χ1) is 10.0. The molecule has 0 aromatic heterocycles. The van der Waals surface area contributed by atoms with Crippen molar-refractivity contribution in [2.24, 2.45) is 0 Å². The van der Waals surface area contributed by atoms with Gasteiger partial charge in [-0.25, -0.2) is 4.79 Å². The third-order valence-electron chi connectivity index (χ3n) is 4.06. The summed E-state index contributed by atoms with van der Waals surface area (Å²) in [5.41, 5.74) is 0. The van der Waals surface area contributed by atoms with Crippen LogP contribution in [-0.2, 0) is 19.2 Å². The minimum atomic E-state index is -0.987. The molecule has 0 aromatic rings. The molecule has 1 N–H and O–H groups in total. The number of carboxylic acids is 1. The summed E-state index contributed by atoms with van der Waals surface area (Å²) < 4.78 is 0. The van der Waals surface area contributed by atoms with Crippen molar-refractivity contribution in [3.63, 3.8) is 0 Å². The Labute approximate surface area is 122 Å². The van der Waals surface area contributed by atoms with E-state index in [2.05, 4.69) is 0 Å². The second-order valence-electron chi connectivity index (χ2n) is 5.48. The van der Waals surface area contributed by atoms with Gasteiger partial charge in [0.05, 0.1) is 0 Å². The Hall–Kier alpha value is -1.92. The minimum absolute atomic E-state index is 0.00125. The van der Waals surface area contributed by atoms with E-state index in [4.69, 9.17) is 0 Å². The summed E-state index contributed by atoms with van der Waals surface area (Å²) in [6.07, 6.45) is 3.37. The van der Waals surface area contributed by atoms with Crippen molar-refractivity contribution in [2.45, 2.75) is 51.0 Å². The first kappa shape index (κ1) is 15.5. The lowest BCUT2D eigenvalue weighted by atomic mass is 10.1. The van der Waals surface area contributed by atoms with E-state index in [0.29, 0.717) is 13.0 Å². The van der Waals surface area contributed by atoms with Gasteiger partial charge in [0, 0.05) is 32.4 Å². The maximum Gasteiger partial charge on any atom is 0.326 e. The lowest BCUT2D eigenvalue weighted by Crippen LogP contribution is -2.45. The van der Waals surface area contributed by atoms with Gasteiger partial charge >= 0.3 is 5.97 Å². The van der Waals surface area contributed by atoms with Gasteiger partial charge in [-0.05, 0) is 12.8 Å². The number of hydrogen-bond donors (Lipinski definition) is 1. The summed E-state index contributed by atoms with van der Waals surface area (Å²) in [6, 6.07) is -0.787. The van der Waals surface area contributed by atoms with Crippen LogP contribution in [0.3, 0.4) is 0 Å². The van der Waals surface area contributed by atoms with Crippen molar-refractivity contribution < 1.29 is 24.3 Å². The van der Waals surface area contributed by atoms with Crippen LogP contribution in [0.5, 0.6) is 0 Å². The Morgan fingerprint density at radius 3 is 2.38 bits per heavy atom. The summed E-state index contributed by atoms with van der Waals surface area (Å²) >= 11 is 0. The summed E-state index contributed by atoms with van der Waals surface area (Å²) in [4.78, 5) is 49.0. The number of carbonyl (C=O) groups excluding carboxylic acids is 3. The molecule has 3 amide bonds. The molecule has 0 saturated carbocycles. The Morgan fingerprint density at radius 1 is 1.10 bits per heavy atom. The van der Waals surface area contributed by atoms with Gasteiger partial charge in [-0.15, -0.1) is 0 Å². The molecule has 116 valence electrons. The van der Waals surface area contributed by atoms with Crippen molar-refractivity contribution in [3.05, 3.63) is 0 Å². The lowest BCUT2D eigenvalue weighted by molar-refractivity contribution is -0.151. The van der Waals surface area contributed by atoms with Crippen LogP contribution < -0.4 is 0 Å². The lowest BCUT2D eigenvalue weighted by Gasteiger charge is -2.27. The van der Waals surface area contributed by atoms with Crippen molar-refractivity contribution >= 4 is 23.7 Å². The van der Waals surface area contributed by atoms with Crippen molar-refractivity contribution in [2.75, 3.05) is 13.1 Å². The van der Waals surface area contributed by atoms with E-state index >= 15 is 0 Å². The SMILES string of the molecule is O=C(O)C1CCCCCN1C(=O)CCN1C(=O)CCC1=O. The molecule has 0 spiro atoms. The zero-order valence-electron chi connectivity index (χ0n) is 11.9. The highest BCUT2D eigenvalue weighted by atomic mass is 16.4. The second-order valence-corrected chi connectivity index (χ2v) is 5.48. The molecule has 2 aliphatic rings. The van der Waals surface area contributed by atoms with Gasteiger partial charge in [0.2, 0.25) is 17.7 Å². The van der Waals surface area contributed by atoms with E-state index in [9.17, 15) is 24.3 Å². The van der Waals surface area contributed by atoms with E-state index in [-0.39, 0.29) is 43.5 Å². The fraction of sp³-hybridized carbons (Fsp3) is 0.714. The molecule has 2 aliphatic heterocycles. The van der Waals surface area contributed by atoms with E-state index < -0.39 is 12.0 Å². The monoisotopic (exact) mass is 296 g/mol. The van der Waals surface area contributed by atoms with Gasteiger partial charge in [-0.2, -0.15) is 0 Å². The third kappa shape index (κ3) is 3.59. The standard InChI is InChI=1S/C14H20N2O5/c17-11-5-6-12(18)16(11)9-7-13(19)15-8-3-1-2-4-10(15)14(20)21/h10H,1-9H2,(H,20,21). The van der Waals surface area contributed by atoms with Crippen molar-refractivity contribution in [1.29, 1.82) is 0 Å². The summed E-state index contributed by atoms with van der Waals surface area (Å²) in [5.74, 6) is -1.78. The maximum absolute atomic E-state index is 12.2. The average Bonchev–Trinajstić information content (AvgIpc) is 2.68. The summed E-state index contributed by atoms with van der Waals surface area (Å²) in [6.45, 7) is 0.483. The van der Waals surface area contributed by atoms with Crippen LogP contribution in [-0.4, -0.2) is 57.7 Å². The van der Waals surface area contributed by atoms with E-state index in [1.807, 2.05) is 0 Å². The predicted molar refractivity (Wildman–Crippen MR) is 72.2 cm³/mol. The molecule has 0 aliphatic carbocycles. The average molecular weight is 296 g/mol. The number of carbonyl (C=O) groups is 4. The van der Waals surface area contributed by atoms with E-state index in [1.54, 1.807) is 0 Å². The van der Waals surface area contributed by atoms with Gasteiger partial charge < -0.3 is 10.0 Å². The number of imide groups is 1. The molecule has 0 bridgehead atoms.